The summed E-state index contributed by atoms with van der Waals surface area (Å²) in [5, 5.41) is 6.31. The van der Waals surface area contributed by atoms with Crippen molar-refractivity contribution in [2.75, 3.05) is 19.8 Å². The standard InChI is InChI=1S/C18H22N2O4S2/c1-13(14-4-6-16(7-5-14)26(3,23)24)20(2)17(21)8-10-19-18(22)15-9-11-25-12-15/h4-7,9,11-13H,8,10H2,1-3H3,(H,19,22). The van der Waals surface area contributed by atoms with Crippen molar-refractivity contribution < 1.29 is 18.0 Å². The maximum atomic E-state index is 12.3. The quantitative estimate of drug-likeness (QED) is 0.782. The van der Waals surface area contributed by atoms with E-state index in [9.17, 15) is 18.0 Å². The average Bonchev–Trinajstić information content (AvgIpc) is 3.14. The van der Waals surface area contributed by atoms with E-state index in [-0.39, 0.29) is 35.7 Å². The highest BCUT2D eigenvalue weighted by molar-refractivity contribution is 7.90. The third-order valence-electron chi connectivity index (χ3n) is 4.17. The minimum absolute atomic E-state index is 0.102. The summed E-state index contributed by atoms with van der Waals surface area (Å²) in [4.78, 5) is 26.0. The van der Waals surface area contributed by atoms with Gasteiger partial charge in [0.05, 0.1) is 10.9 Å². The molecule has 1 aromatic heterocycles. The highest BCUT2D eigenvalue weighted by atomic mass is 32.2. The van der Waals surface area contributed by atoms with Crippen molar-refractivity contribution >= 4 is 33.0 Å². The first kappa shape index (κ1) is 20.1. The van der Waals surface area contributed by atoms with Crippen LogP contribution in [0.15, 0.2) is 46.0 Å². The van der Waals surface area contributed by atoms with Gasteiger partial charge in [-0.25, -0.2) is 8.42 Å². The lowest BCUT2D eigenvalue weighted by Crippen LogP contribution is -2.33. The zero-order valence-corrected chi connectivity index (χ0v) is 16.6. The third-order valence-corrected chi connectivity index (χ3v) is 5.98. The molecular formula is C18H22N2O4S2. The van der Waals surface area contributed by atoms with Gasteiger partial charge in [0.15, 0.2) is 9.84 Å². The topological polar surface area (TPSA) is 83.6 Å². The number of rotatable bonds is 7. The van der Waals surface area contributed by atoms with Crippen LogP contribution in [0.25, 0.3) is 0 Å². The normalized spacial score (nSPS) is 12.4. The number of carbonyl (C=O) groups is 2. The van der Waals surface area contributed by atoms with Crippen LogP contribution in [-0.4, -0.2) is 45.0 Å². The minimum atomic E-state index is -3.24. The molecule has 0 aliphatic rings. The molecule has 1 unspecified atom stereocenters. The number of amides is 2. The molecule has 0 radical (unpaired) electrons. The van der Waals surface area contributed by atoms with E-state index in [0.29, 0.717) is 5.56 Å². The predicted octanol–water partition coefficient (Wildman–Crippen LogP) is 2.49. The van der Waals surface area contributed by atoms with E-state index in [0.717, 1.165) is 11.8 Å². The van der Waals surface area contributed by atoms with Crippen molar-refractivity contribution in [1.82, 2.24) is 10.2 Å². The number of nitrogens with one attached hydrogen (secondary N) is 1. The molecule has 1 heterocycles. The molecule has 0 aliphatic carbocycles. The summed E-state index contributed by atoms with van der Waals surface area (Å²) in [6, 6.07) is 8.03. The minimum Gasteiger partial charge on any atom is -0.351 e. The highest BCUT2D eigenvalue weighted by Crippen LogP contribution is 2.21. The molecule has 0 aliphatic heterocycles. The predicted molar refractivity (Wildman–Crippen MR) is 102 cm³/mol. The SMILES string of the molecule is CC(c1ccc(S(C)(=O)=O)cc1)N(C)C(=O)CCNC(=O)c1ccsc1. The van der Waals surface area contributed by atoms with Crippen LogP contribution < -0.4 is 5.32 Å². The van der Waals surface area contributed by atoms with Gasteiger partial charge >= 0.3 is 0 Å². The summed E-state index contributed by atoms with van der Waals surface area (Å²) in [5.74, 6) is -0.290. The first-order valence-corrected chi connectivity index (χ1v) is 10.9. The maximum Gasteiger partial charge on any atom is 0.252 e. The fraction of sp³-hybridized carbons (Fsp3) is 0.333. The first-order valence-electron chi connectivity index (χ1n) is 8.06. The number of nitrogens with zero attached hydrogens (tertiary/aromatic N) is 1. The Balaban J connectivity index is 1.89. The fourth-order valence-corrected chi connectivity index (χ4v) is 3.65. The molecule has 0 saturated carbocycles. The van der Waals surface area contributed by atoms with Gasteiger partial charge in [-0.3, -0.25) is 9.59 Å². The van der Waals surface area contributed by atoms with Crippen molar-refractivity contribution in [3.05, 3.63) is 52.2 Å². The number of hydrogen-bond acceptors (Lipinski definition) is 5. The van der Waals surface area contributed by atoms with E-state index in [1.807, 2.05) is 12.3 Å². The van der Waals surface area contributed by atoms with E-state index >= 15 is 0 Å². The largest absolute Gasteiger partial charge is 0.351 e. The Kier molecular flexibility index (Phi) is 6.55. The first-order chi connectivity index (χ1) is 12.2. The summed E-state index contributed by atoms with van der Waals surface area (Å²) in [6.07, 6.45) is 1.35. The van der Waals surface area contributed by atoms with Crippen LogP contribution in [-0.2, 0) is 14.6 Å². The Hall–Kier alpha value is -2.19. The average molecular weight is 395 g/mol. The molecule has 2 rings (SSSR count). The monoisotopic (exact) mass is 394 g/mol. The Labute approximate surface area is 157 Å². The highest BCUT2D eigenvalue weighted by Gasteiger charge is 2.18. The molecule has 8 heteroatoms. The van der Waals surface area contributed by atoms with Crippen molar-refractivity contribution in [3.8, 4) is 0 Å². The van der Waals surface area contributed by atoms with Gasteiger partial charge in [-0.05, 0) is 36.1 Å². The van der Waals surface area contributed by atoms with Crippen LogP contribution in [0, 0.1) is 0 Å². The molecule has 0 saturated heterocycles. The molecule has 2 amide bonds. The molecule has 1 atom stereocenters. The number of benzene rings is 1. The van der Waals surface area contributed by atoms with Gasteiger partial charge in [0.25, 0.3) is 5.91 Å². The Morgan fingerprint density at radius 3 is 2.38 bits per heavy atom. The van der Waals surface area contributed by atoms with Crippen molar-refractivity contribution in [3.63, 3.8) is 0 Å². The van der Waals surface area contributed by atoms with Crippen LogP contribution in [0.5, 0.6) is 0 Å². The summed E-state index contributed by atoms with van der Waals surface area (Å²) in [5.41, 5.74) is 1.44. The van der Waals surface area contributed by atoms with Gasteiger partial charge in [-0.1, -0.05) is 12.1 Å². The third kappa shape index (κ3) is 5.15. The molecule has 0 spiro atoms. The molecule has 1 aromatic carbocycles. The lowest BCUT2D eigenvalue weighted by Gasteiger charge is -2.25. The van der Waals surface area contributed by atoms with Crippen LogP contribution >= 0.6 is 11.3 Å². The molecule has 26 heavy (non-hydrogen) atoms. The van der Waals surface area contributed by atoms with Crippen molar-refractivity contribution in [2.45, 2.75) is 24.3 Å². The molecular weight excluding hydrogens is 372 g/mol. The second kappa shape index (κ2) is 8.46. The van der Waals surface area contributed by atoms with Crippen LogP contribution in [0.1, 0.15) is 35.3 Å². The van der Waals surface area contributed by atoms with E-state index < -0.39 is 9.84 Å². The number of sulfone groups is 1. The fourth-order valence-electron chi connectivity index (χ4n) is 2.39. The van der Waals surface area contributed by atoms with Gasteiger partial charge in [-0.2, -0.15) is 11.3 Å². The van der Waals surface area contributed by atoms with Gasteiger partial charge in [0.1, 0.15) is 0 Å². The van der Waals surface area contributed by atoms with Gasteiger partial charge < -0.3 is 10.2 Å². The molecule has 0 fully saturated rings. The number of hydrogen-bond donors (Lipinski definition) is 1. The second-order valence-electron chi connectivity index (χ2n) is 6.04. The van der Waals surface area contributed by atoms with Crippen LogP contribution in [0.2, 0.25) is 0 Å². The van der Waals surface area contributed by atoms with Crippen molar-refractivity contribution in [1.29, 1.82) is 0 Å². The Morgan fingerprint density at radius 2 is 1.85 bits per heavy atom. The van der Waals surface area contributed by atoms with Gasteiger partial charge in [-0.15, -0.1) is 0 Å². The van der Waals surface area contributed by atoms with Crippen LogP contribution in [0.4, 0.5) is 0 Å². The molecule has 2 aromatic rings. The Bertz CT molecular complexity index is 859. The molecule has 6 nitrogen and oxygen atoms in total. The van der Waals surface area contributed by atoms with E-state index in [1.165, 1.54) is 11.3 Å². The van der Waals surface area contributed by atoms with E-state index in [1.54, 1.807) is 47.7 Å². The zero-order valence-electron chi connectivity index (χ0n) is 14.9. The Morgan fingerprint density at radius 1 is 1.19 bits per heavy atom. The number of carbonyl (C=O) groups excluding carboxylic acids is 2. The van der Waals surface area contributed by atoms with Crippen molar-refractivity contribution in [2.24, 2.45) is 0 Å². The summed E-state index contributed by atoms with van der Waals surface area (Å²) >= 11 is 1.44. The summed E-state index contributed by atoms with van der Waals surface area (Å²) < 4.78 is 23.0. The lowest BCUT2D eigenvalue weighted by molar-refractivity contribution is -0.131. The van der Waals surface area contributed by atoms with E-state index in [2.05, 4.69) is 5.32 Å². The van der Waals surface area contributed by atoms with E-state index in [4.69, 9.17) is 0 Å². The van der Waals surface area contributed by atoms with Gasteiger partial charge in [0.2, 0.25) is 5.91 Å². The second-order valence-corrected chi connectivity index (χ2v) is 8.84. The van der Waals surface area contributed by atoms with Crippen LogP contribution in [0.3, 0.4) is 0 Å². The summed E-state index contributed by atoms with van der Waals surface area (Å²) in [7, 11) is -1.55. The lowest BCUT2D eigenvalue weighted by atomic mass is 10.1. The molecule has 140 valence electrons. The molecule has 0 bridgehead atoms. The van der Waals surface area contributed by atoms with Gasteiger partial charge in [0, 0.05) is 37.2 Å². The zero-order chi connectivity index (χ0) is 19.3. The maximum absolute atomic E-state index is 12.3. The summed E-state index contributed by atoms with van der Waals surface area (Å²) in [6.45, 7) is 2.13. The number of thiophene rings is 1. The smallest absolute Gasteiger partial charge is 0.252 e. The molecule has 1 N–H and O–H groups in total.